The van der Waals surface area contributed by atoms with Crippen molar-refractivity contribution in [3.63, 3.8) is 0 Å². The maximum atomic E-state index is 12.7. The summed E-state index contributed by atoms with van der Waals surface area (Å²) in [4.78, 5) is 13.3. The maximum absolute atomic E-state index is 12.7. The van der Waals surface area contributed by atoms with Crippen molar-refractivity contribution in [2.75, 3.05) is 4.72 Å². The summed E-state index contributed by atoms with van der Waals surface area (Å²) in [5.74, 6) is -0.741. The highest BCUT2D eigenvalue weighted by Crippen LogP contribution is 2.40. The van der Waals surface area contributed by atoms with E-state index in [4.69, 9.17) is 16.0 Å². The SMILES string of the molecule is O=c1[nH]c2ccc(S(=O)(=O)Nc3ccccc3SC(Cl)C(F)(F)F)cc2o1. The van der Waals surface area contributed by atoms with Gasteiger partial charge in [-0.2, -0.15) is 13.2 Å². The van der Waals surface area contributed by atoms with E-state index in [2.05, 4.69) is 9.71 Å². The van der Waals surface area contributed by atoms with Crippen LogP contribution in [0.5, 0.6) is 0 Å². The molecule has 2 aromatic carbocycles. The second kappa shape index (κ2) is 7.13. The highest BCUT2D eigenvalue weighted by molar-refractivity contribution is 8.01. The summed E-state index contributed by atoms with van der Waals surface area (Å²) in [5.41, 5.74) is 0.279. The monoisotopic (exact) mass is 438 g/mol. The summed E-state index contributed by atoms with van der Waals surface area (Å²) in [6.07, 6.45) is -4.66. The van der Waals surface area contributed by atoms with Crippen LogP contribution in [-0.4, -0.2) is 24.3 Å². The molecule has 1 heterocycles. The van der Waals surface area contributed by atoms with Gasteiger partial charge >= 0.3 is 11.9 Å². The van der Waals surface area contributed by atoms with E-state index in [1.807, 2.05) is 0 Å². The number of rotatable bonds is 5. The maximum Gasteiger partial charge on any atom is 0.417 e. The van der Waals surface area contributed by atoms with Crippen LogP contribution >= 0.6 is 23.4 Å². The number of sulfonamides is 1. The van der Waals surface area contributed by atoms with Gasteiger partial charge in [0.25, 0.3) is 10.0 Å². The van der Waals surface area contributed by atoms with Crippen LogP contribution < -0.4 is 10.5 Å². The fourth-order valence-electron chi connectivity index (χ4n) is 2.13. The van der Waals surface area contributed by atoms with Crippen LogP contribution in [0.4, 0.5) is 18.9 Å². The minimum absolute atomic E-state index is 0.00709. The number of fused-ring (bicyclic) bond motifs is 1. The lowest BCUT2D eigenvalue weighted by Gasteiger charge is -2.16. The number of nitrogens with one attached hydrogen (secondary N) is 2. The molecule has 3 aromatic rings. The number of hydrogen-bond donors (Lipinski definition) is 2. The Kier molecular flexibility index (Phi) is 5.19. The van der Waals surface area contributed by atoms with Crippen molar-refractivity contribution < 1.29 is 26.0 Å². The van der Waals surface area contributed by atoms with E-state index in [0.29, 0.717) is 5.52 Å². The molecule has 0 radical (unpaired) electrons. The lowest BCUT2D eigenvalue weighted by Crippen LogP contribution is -2.20. The van der Waals surface area contributed by atoms with Crippen molar-refractivity contribution in [2.24, 2.45) is 0 Å². The highest BCUT2D eigenvalue weighted by atomic mass is 35.5. The molecular formula is C15H10ClF3N2O4S2. The minimum Gasteiger partial charge on any atom is -0.408 e. The van der Waals surface area contributed by atoms with Crippen LogP contribution in [0.1, 0.15) is 0 Å². The van der Waals surface area contributed by atoms with Gasteiger partial charge in [0.15, 0.2) is 10.3 Å². The Morgan fingerprint density at radius 3 is 2.59 bits per heavy atom. The van der Waals surface area contributed by atoms with E-state index in [1.165, 1.54) is 36.4 Å². The third-order valence-electron chi connectivity index (χ3n) is 3.32. The quantitative estimate of drug-likeness (QED) is 0.461. The molecule has 3 rings (SSSR count). The minimum atomic E-state index is -4.66. The lowest BCUT2D eigenvalue weighted by atomic mass is 10.3. The van der Waals surface area contributed by atoms with Crippen molar-refractivity contribution in [3.05, 3.63) is 53.0 Å². The number of alkyl halides is 4. The highest BCUT2D eigenvalue weighted by Gasteiger charge is 2.39. The number of benzene rings is 2. The van der Waals surface area contributed by atoms with Crippen molar-refractivity contribution in [3.8, 4) is 0 Å². The number of halogens is 4. The molecule has 0 aliphatic carbocycles. The number of para-hydroxylation sites is 1. The van der Waals surface area contributed by atoms with E-state index in [9.17, 15) is 26.4 Å². The molecule has 144 valence electrons. The molecule has 2 N–H and O–H groups in total. The summed E-state index contributed by atoms with van der Waals surface area (Å²) in [6, 6.07) is 9.26. The number of hydrogen-bond acceptors (Lipinski definition) is 5. The Bertz CT molecular complexity index is 1140. The first-order chi connectivity index (χ1) is 12.6. The van der Waals surface area contributed by atoms with Gasteiger partial charge in [-0.05, 0) is 24.3 Å². The number of H-pyrrole nitrogens is 1. The van der Waals surface area contributed by atoms with Crippen LogP contribution in [0.3, 0.4) is 0 Å². The molecule has 0 spiro atoms. The molecule has 6 nitrogen and oxygen atoms in total. The van der Waals surface area contributed by atoms with E-state index >= 15 is 0 Å². The Morgan fingerprint density at radius 1 is 1.19 bits per heavy atom. The van der Waals surface area contributed by atoms with Gasteiger partial charge in [0.1, 0.15) is 0 Å². The fraction of sp³-hybridized carbons (Fsp3) is 0.133. The molecule has 0 bridgehead atoms. The zero-order valence-electron chi connectivity index (χ0n) is 13.1. The molecule has 1 unspecified atom stereocenters. The first-order valence-corrected chi connectivity index (χ1v) is 9.98. The van der Waals surface area contributed by atoms with Gasteiger partial charge in [-0.1, -0.05) is 23.9 Å². The van der Waals surface area contributed by atoms with Gasteiger partial charge in [0.2, 0.25) is 0 Å². The third-order valence-corrected chi connectivity index (χ3v) is 6.28. The normalized spacial score (nSPS) is 13.6. The predicted octanol–water partition coefficient (Wildman–Crippen LogP) is 4.14. The van der Waals surface area contributed by atoms with Gasteiger partial charge < -0.3 is 4.42 Å². The number of anilines is 1. The first kappa shape index (κ1) is 19.6. The predicted molar refractivity (Wildman–Crippen MR) is 95.6 cm³/mol. The standard InChI is InChI=1S/C15H10ClF3N2O4S2/c16-13(15(17,18)19)26-12-4-2-1-3-10(12)21-27(23,24)8-5-6-9-11(7-8)25-14(22)20-9/h1-7,13,21H,(H,20,22). The van der Waals surface area contributed by atoms with Gasteiger partial charge in [0, 0.05) is 11.0 Å². The Hall–Kier alpha value is -2.11. The van der Waals surface area contributed by atoms with E-state index in [-0.39, 0.29) is 32.8 Å². The molecular weight excluding hydrogens is 429 g/mol. The van der Waals surface area contributed by atoms with Crippen molar-refractivity contribution >= 4 is 50.2 Å². The first-order valence-electron chi connectivity index (χ1n) is 7.18. The zero-order valence-corrected chi connectivity index (χ0v) is 15.5. The number of oxazole rings is 1. The van der Waals surface area contributed by atoms with Crippen LogP contribution in [-0.2, 0) is 10.0 Å². The van der Waals surface area contributed by atoms with Gasteiger partial charge in [-0.3, -0.25) is 9.71 Å². The number of aromatic nitrogens is 1. The Balaban J connectivity index is 1.92. The van der Waals surface area contributed by atoms with Crippen LogP contribution in [0.25, 0.3) is 11.1 Å². The third kappa shape index (κ3) is 4.42. The second-order valence-electron chi connectivity index (χ2n) is 5.25. The van der Waals surface area contributed by atoms with E-state index < -0.39 is 26.7 Å². The molecule has 0 saturated heterocycles. The molecule has 27 heavy (non-hydrogen) atoms. The average molecular weight is 439 g/mol. The topological polar surface area (TPSA) is 92.2 Å². The summed E-state index contributed by atoms with van der Waals surface area (Å²) < 4.78 is 68.0. The smallest absolute Gasteiger partial charge is 0.408 e. The van der Waals surface area contributed by atoms with Crippen LogP contribution in [0.15, 0.2) is 61.5 Å². The van der Waals surface area contributed by atoms with Crippen LogP contribution in [0, 0.1) is 0 Å². The molecule has 1 aromatic heterocycles. The van der Waals surface area contributed by atoms with E-state index in [1.54, 1.807) is 0 Å². The van der Waals surface area contributed by atoms with Gasteiger partial charge in [-0.15, -0.1) is 11.6 Å². The molecule has 0 amide bonds. The van der Waals surface area contributed by atoms with Crippen molar-refractivity contribution in [2.45, 2.75) is 20.7 Å². The summed E-state index contributed by atoms with van der Waals surface area (Å²) in [6.45, 7) is 0. The zero-order chi connectivity index (χ0) is 19.8. The van der Waals surface area contributed by atoms with Crippen molar-refractivity contribution in [1.29, 1.82) is 0 Å². The largest absolute Gasteiger partial charge is 0.417 e. The molecule has 0 saturated carbocycles. The fourth-order valence-corrected chi connectivity index (χ4v) is 4.34. The van der Waals surface area contributed by atoms with Crippen molar-refractivity contribution in [1.82, 2.24) is 4.98 Å². The van der Waals surface area contributed by atoms with E-state index in [0.717, 1.165) is 6.07 Å². The molecule has 12 heteroatoms. The number of thioether (sulfide) groups is 1. The second-order valence-corrected chi connectivity index (χ2v) is 8.77. The van der Waals surface area contributed by atoms with Gasteiger partial charge in [0.05, 0.1) is 16.1 Å². The molecule has 0 aliphatic rings. The average Bonchev–Trinajstić information content (AvgIpc) is 2.94. The summed E-state index contributed by atoms with van der Waals surface area (Å²) >= 11 is 5.60. The summed E-state index contributed by atoms with van der Waals surface area (Å²) in [7, 11) is -4.15. The molecule has 0 aliphatic heterocycles. The number of aromatic amines is 1. The lowest BCUT2D eigenvalue weighted by molar-refractivity contribution is -0.113. The molecule has 1 atom stereocenters. The molecule has 0 fully saturated rings. The van der Waals surface area contributed by atoms with Gasteiger partial charge in [-0.25, -0.2) is 13.2 Å². The van der Waals surface area contributed by atoms with Crippen LogP contribution in [0.2, 0.25) is 0 Å². The summed E-state index contributed by atoms with van der Waals surface area (Å²) in [5, 5.41) is 0. The Labute approximate surface area is 159 Å². The Morgan fingerprint density at radius 2 is 1.89 bits per heavy atom.